The standard InChI is InChI=1S/C20H22N6O/c1-14-4-5-16(10-23-14)20(27)26-8-2-3-15(13-26)9-17-11-25-18(12-24-17)19-21-6-7-22-19/h4-7,10-12,15H,2-3,8-9,13H2,1H3,(H,21,22)/t15-/m0/s1. The van der Waals surface area contributed by atoms with Gasteiger partial charge in [0.2, 0.25) is 0 Å². The van der Waals surface area contributed by atoms with Crippen molar-refractivity contribution in [1.29, 1.82) is 0 Å². The highest BCUT2D eigenvalue weighted by Crippen LogP contribution is 2.22. The molecule has 7 nitrogen and oxygen atoms in total. The van der Waals surface area contributed by atoms with Crippen LogP contribution in [0.5, 0.6) is 0 Å². The summed E-state index contributed by atoms with van der Waals surface area (Å²) in [4.78, 5) is 35.1. The number of carbonyl (C=O) groups is 1. The molecule has 4 rings (SSSR count). The van der Waals surface area contributed by atoms with Crippen LogP contribution in [0.3, 0.4) is 0 Å². The van der Waals surface area contributed by atoms with E-state index in [9.17, 15) is 4.79 Å². The van der Waals surface area contributed by atoms with E-state index in [1.165, 1.54) is 0 Å². The fourth-order valence-electron chi connectivity index (χ4n) is 3.48. The number of piperidine rings is 1. The Morgan fingerprint density at radius 2 is 2.11 bits per heavy atom. The summed E-state index contributed by atoms with van der Waals surface area (Å²) in [7, 11) is 0. The summed E-state index contributed by atoms with van der Waals surface area (Å²) in [5, 5.41) is 0. The third kappa shape index (κ3) is 4.02. The van der Waals surface area contributed by atoms with E-state index >= 15 is 0 Å². The van der Waals surface area contributed by atoms with Gasteiger partial charge in [-0.3, -0.25) is 14.8 Å². The molecule has 0 aliphatic carbocycles. The Labute approximate surface area is 157 Å². The minimum absolute atomic E-state index is 0.0615. The molecule has 1 atom stereocenters. The normalized spacial score (nSPS) is 17.1. The molecule has 1 fully saturated rings. The largest absolute Gasteiger partial charge is 0.343 e. The Balaban J connectivity index is 1.39. The number of nitrogens with one attached hydrogen (secondary N) is 1. The van der Waals surface area contributed by atoms with E-state index in [1.807, 2.05) is 30.2 Å². The SMILES string of the molecule is Cc1ccc(C(=O)N2CCC[C@@H](Cc3cnc(-c4ncc[nH]4)cn3)C2)cn1. The van der Waals surface area contributed by atoms with Crippen molar-refractivity contribution in [3.05, 3.63) is 60.1 Å². The number of hydrogen-bond acceptors (Lipinski definition) is 5. The topological polar surface area (TPSA) is 87.7 Å². The summed E-state index contributed by atoms with van der Waals surface area (Å²) in [5.74, 6) is 1.17. The molecule has 138 valence electrons. The summed E-state index contributed by atoms with van der Waals surface area (Å²) < 4.78 is 0. The lowest BCUT2D eigenvalue weighted by atomic mass is 9.93. The summed E-state index contributed by atoms with van der Waals surface area (Å²) in [6.07, 6.45) is 11.6. The summed E-state index contributed by atoms with van der Waals surface area (Å²) >= 11 is 0. The van der Waals surface area contributed by atoms with Gasteiger partial charge in [0.1, 0.15) is 5.69 Å². The van der Waals surface area contributed by atoms with E-state index in [1.54, 1.807) is 24.8 Å². The van der Waals surface area contributed by atoms with E-state index in [4.69, 9.17) is 0 Å². The first kappa shape index (κ1) is 17.3. The van der Waals surface area contributed by atoms with Gasteiger partial charge in [-0.25, -0.2) is 9.97 Å². The number of carbonyl (C=O) groups excluding carboxylic acids is 1. The second kappa shape index (κ2) is 7.65. The third-order valence-electron chi connectivity index (χ3n) is 4.91. The molecule has 3 aromatic heterocycles. The Hall–Kier alpha value is -3.09. The van der Waals surface area contributed by atoms with Crippen LogP contribution in [0.2, 0.25) is 0 Å². The number of rotatable bonds is 4. The maximum absolute atomic E-state index is 12.7. The van der Waals surface area contributed by atoms with E-state index in [0.717, 1.165) is 55.3 Å². The van der Waals surface area contributed by atoms with Gasteiger partial charge in [-0.1, -0.05) is 0 Å². The van der Waals surface area contributed by atoms with Crippen LogP contribution >= 0.6 is 0 Å². The lowest BCUT2D eigenvalue weighted by Crippen LogP contribution is -2.40. The van der Waals surface area contributed by atoms with Gasteiger partial charge >= 0.3 is 0 Å². The zero-order chi connectivity index (χ0) is 18.6. The van der Waals surface area contributed by atoms with Gasteiger partial charge < -0.3 is 9.88 Å². The van der Waals surface area contributed by atoms with E-state index < -0.39 is 0 Å². The molecule has 0 aromatic carbocycles. The summed E-state index contributed by atoms with van der Waals surface area (Å²) in [5.41, 5.74) is 3.25. The second-order valence-corrected chi connectivity index (χ2v) is 6.98. The molecule has 7 heteroatoms. The van der Waals surface area contributed by atoms with Crippen molar-refractivity contribution in [3.63, 3.8) is 0 Å². The molecule has 3 aromatic rings. The van der Waals surface area contributed by atoms with E-state index in [0.29, 0.717) is 11.5 Å². The quantitative estimate of drug-likeness (QED) is 0.771. The molecule has 0 bridgehead atoms. The molecule has 0 saturated carbocycles. The average molecular weight is 362 g/mol. The molecule has 0 spiro atoms. The van der Waals surface area contributed by atoms with Crippen molar-refractivity contribution in [1.82, 2.24) is 29.8 Å². The molecule has 1 aliphatic heterocycles. The van der Waals surface area contributed by atoms with Crippen LogP contribution in [-0.4, -0.2) is 48.8 Å². The van der Waals surface area contributed by atoms with E-state index in [2.05, 4.69) is 24.9 Å². The fraction of sp³-hybridized carbons (Fsp3) is 0.350. The number of H-pyrrole nitrogens is 1. The monoisotopic (exact) mass is 362 g/mol. The van der Waals surface area contributed by atoms with Crippen molar-refractivity contribution in [2.45, 2.75) is 26.2 Å². The highest BCUT2D eigenvalue weighted by Gasteiger charge is 2.25. The second-order valence-electron chi connectivity index (χ2n) is 6.98. The highest BCUT2D eigenvalue weighted by atomic mass is 16.2. The molecule has 4 heterocycles. The van der Waals surface area contributed by atoms with Gasteiger partial charge in [-0.15, -0.1) is 0 Å². The molecule has 27 heavy (non-hydrogen) atoms. The van der Waals surface area contributed by atoms with Crippen molar-refractivity contribution < 1.29 is 4.79 Å². The van der Waals surface area contributed by atoms with Crippen LogP contribution < -0.4 is 0 Å². The summed E-state index contributed by atoms with van der Waals surface area (Å²) in [6, 6.07) is 3.73. The molecular formula is C20H22N6O. The smallest absolute Gasteiger partial charge is 0.255 e. The average Bonchev–Trinajstić information content (AvgIpc) is 3.24. The van der Waals surface area contributed by atoms with Crippen molar-refractivity contribution in [3.8, 4) is 11.5 Å². The lowest BCUT2D eigenvalue weighted by Gasteiger charge is -2.32. The van der Waals surface area contributed by atoms with E-state index in [-0.39, 0.29) is 5.91 Å². The number of pyridine rings is 1. The molecule has 1 N–H and O–H groups in total. The molecule has 1 amide bonds. The number of aromatic nitrogens is 5. The van der Waals surface area contributed by atoms with Gasteiger partial charge in [0.25, 0.3) is 5.91 Å². The zero-order valence-corrected chi connectivity index (χ0v) is 15.3. The number of aryl methyl sites for hydroxylation is 1. The minimum Gasteiger partial charge on any atom is -0.343 e. The predicted molar refractivity (Wildman–Crippen MR) is 101 cm³/mol. The molecule has 1 aliphatic rings. The fourth-order valence-corrected chi connectivity index (χ4v) is 3.48. The van der Waals surface area contributed by atoms with Crippen LogP contribution in [0, 0.1) is 12.8 Å². The van der Waals surface area contributed by atoms with Crippen LogP contribution in [0.1, 0.15) is 34.6 Å². The van der Waals surface area contributed by atoms with Crippen molar-refractivity contribution in [2.24, 2.45) is 5.92 Å². The van der Waals surface area contributed by atoms with Gasteiger partial charge in [0.05, 0.1) is 17.5 Å². The number of aromatic amines is 1. The Bertz CT molecular complexity index is 889. The maximum Gasteiger partial charge on any atom is 0.255 e. The number of nitrogens with zero attached hydrogens (tertiary/aromatic N) is 5. The summed E-state index contributed by atoms with van der Waals surface area (Å²) in [6.45, 7) is 3.46. The van der Waals surface area contributed by atoms with Crippen molar-refractivity contribution >= 4 is 5.91 Å². The number of amides is 1. The first-order valence-electron chi connectivity index (χ1n) is 9.21. The molecule has 1 saturated heterocycles. The van der Waals surface area contributed by atoms with Crippen LogP contribution in [-0.2, 0) is 6.42 Å². The van der Waals surface area contributed by atoms with Gasteiger partial charge in [-0.2, -0.15) is 0 Å². The third-order valence-corrected chi connectivity index (χ3v) is 4.91. The lowest BCUT2D eigenvalue weighted by molar-refractivity contribution is 0.0672. The van der Waals surface area contributed by atoms with Crippen LogP contribution in [0.15, 0.2) is 43.1 Å². The zero-order valence-electron chi connectivity index (χ0n) is 15.3. The molecule has 0 unspecified atom stereocenters. The molecular weight excluding hydrogens is 340 g/mol. The van der Waals surface area contributed by atoms with Gasteiger partial charge in [0.15, 0.2) is 5.82 Å². The first-order chi connectivity index (χ1) is 13.2. The van der Waals surface area contributed by atoms with Crippen molar-refractivity contribution in [2.75, 3.05) is 13.1 Å². The number of likely N-dealkylation sites (tertiary alicyclic amines) is 1. The minimum atomic E-state index is 0.0615. The van der Waals surface area contributed by atoms with Gasteiger partial charge in [-0.05, 0) is 44.2 Å². The number of hydrogen-bond donors (Lipinski definition) is 1. The maximum atomic E-state index is 12.7. The van der Waals surface area contributed by atoms with Crippen LogP contribution in [0.4, 0.5) is 0 Å². The number of imidazole rings is 1. The Kier molecular flexibility index (Phi) is 4.91. The molecule has 0 radical (unpaired) electrons. The Morgan fingerprint density at radius 1 is 1.19 bits per heavy atom. The van der Waals surface area contributed by atoms with Gasteiger partial charge in [0, 0.05) is 43.6 Å². The Morgan fingerprint density at radius 3 is 2.81 bits per heavy atom. The predicted octanol–water partition coefficient (Wildman–Crippen LogP) is 2.67. The first-order valence-corrected chi connectivity index (χ1v) is 9.21. The van der Waals surface area contributed by atoms with Crippen LogP contribution in [0.25, 0.3) is 11.5 Å². The highest BCUT2D eigenvalue weighted by molar-refractivity contribution is 5.94.